The van der Waals surface area contributed by atoms with E-state index >= 15 is 0 Å². The van der Waals surface area contributed by atoms with Gasteiger partial charge in [-0.05, 0) is 31.6 Å². The molecule has 0 bridgehead atoms. The molecule has 0 aliphatic heterocycles. The van der Waals surface area contributed by atoms with Crippen LogP contribution in [0.15, 0.2) is 11.6 Å². The molecule has 0 unspecified atom stereocenters. The molecule has 2 heteroatoms. The number of allylic oxidation sites excluding steroid dienone is 1. The fourth-order valence-electron chi connectivity index (χ4n) is 2.64. The van der Waals surface area contributed by atoms with Gasteiger partial charge < -0.3 is 10.2 Å². The first-order chi connectivity index (χ1) is 6.31. The van der Waals surface area contributed by atoms with Gasteiger partial charge in [0.25, 0.3) is 0 Å². The van der Waals surface area contributed by atoms with E-state index in [4.69, 9.17) is 5.11 Å². The second-order valence-corrected chi connectivity index (χ2v) is 4.35. The minimum absolute atomic E-state index is 0.0897. The van der Waals surface area contributed by atoms with Gasteiger partial charge in [0, 0.05) is 12.5 Å². The molecule has 2 rings (SSSR count). The normalized spacial score (nSPS) is 39.5. The third-order valence-electron chi connectivity index (χ3n) is 3.48. The Morgan fingerprint density at radius 3 is 3.00 bits per heavy atom. The molecule has 0 aromatic heterocycles. The van der Waals surface area contributed by atoms with Crippen LogP contribution in [0.1, 0.15) is 32.1 Å². The SMILES string of the molecule is OC[C@H]1C[C@H]2CCCCC2=C[C@H]1O. The Labute approximate surface area is 79.3 Å². The van der Waals surface area contributed by atoms with Crippen molar-refractivity contribution >= 4 is 0 Å². The van der Waals surface area contributed by atoms with Crippen molar-refractivity contribution in [1.82, 2.24) is 0 Å². The number of aliphatic hydroxyl groups excluding tert-OH is 2. The highest BCUT2D eigenvalue weighted by Gasteiger charge is 2.30. The van der Waals surface area contributed by atoms with Crippen LogP contribution in [0.25, 0.3) is 0 Å². The van der Waals surface area contributed by atoms with Crippen LogP contribution in [0, 0.1) is 11.8 Å². The first-order valence-corrected chi connectivity index (χ1v) is 5.30. The van der Waals surface area contributed by atoms with Crippen LogP contribution >= 0.6 is 0 Å². The third kappa shape index (κ3) is 1.79. The predicted octanol–water partition coefficient (Wildman–Crippen LogP) is 1.48. The molecule has 0 saturated heterocycles. The molecule has 3 atom stereocenters. The minimum atomic E-state index is -0.394. The molecule has 2 aliphatic carbocycles. The summed E-state index contributed by atoms with van der Waals surface area (Å²) in [7, 11) is 0. The van der Waals surface area contributed by atoms with Crippen LogP contribution in [0.5, 0.6) is 0 Å². The average molecular weight is 182 g/mol. The Balaban J connectivity index is 2.11. The molecule has 0 aromatic rings. The van der Waals surface area contributed by atoms with Gasteiger partial charge in [0.15, 0.2) is 0 Å². The molecular weight excluding hydrogens is 164 g/mol. The summed E-state index contributed by atoms with van der Waals surface area (Å²) in [5.41, 5.74) is 1.45. The topological polar surface area (TPSA) is 40.5 Å². The second-order valence-electron chi connectivity index (χ2n) is 4.35. The maximum atomic E-state index is 9.67. The Bertz CT molecular complexity index is 210. The van der Waals surface area contributed by atoms with Gasteiger partial charge in [-0.15, -0.1) is 0 Å². The average Bonchev–Trinajstić information content (AvgIpc) is 2.17. The van der Waals surface area contributed by atoms with Crippen molar-refractivity contribution in [3.63, 3.8) is 0 Å². The summed E-state index contributed by atoms with van der Waals surface area (Å²) in [5, 5.41) is 18.7. The summed E-state index contributed by atoms with van der Waals surface area (Å²) in [5.74, 6) is 0.751. The van der Waals surface area contributed by atoms with Gasteiger partial charge in [0.05, 0.1) is 6.10 Å². The van der Waals surface area contributed by atoms with Crippen LogP contribution in [-0.2, 0) is 0 Å². The Hall–Kier alpha value is -0.340. The van der Waals surface area contributed by atoms with Gasteiger partial charge in [-0.3, -0.25) is 0 Å². The molecule has 13 heavy (non-hydrogen) atoms. The molecule has 2 nitrogen and oxygen atoms in total. The van der Waals surface area contributed by atoms with Crippen LogP contribution < -0.4 is 0 Å². The van der Waals surface area contributed by atoms with Gasteiger partial charge in [-0.2, -0.15) is 0 Å². The van der Waals surface area contributed by atoms with Crippen molar-refractivity contribution in [3.8, 4) is 0 Å². The van der Waals surface area contributed by atoms with Gasteiger partial charge in [0.2, 0.25) is 0 Å². The summed E-state index contributed by atoms with van der Waals surface area (Å²) >= 11 is 0. The summed E-state index contributed by atoms with van der Waals surface area (Å²) in [6, 6.07) is 0. The quantitative estimate of drug-likeness (QED) is 0.603. The lowest BCUT2D eigenvalue weighted by atomic mass is 9.73. The fraction of sp³-hybridized carbons (Fsp3) is 0.818. The molecule has 0 heterocycles. The maximum absolute atomic E-state index is 9.67. The van der Waals surface area contributed by atoms with E-state index in [1.807, 2.05) is 6.08 Å². The number of aliphatic hydroxyl groups is 2. The molecule has 0 aromatic carbocycles. The van der Waals surface area contributed by atoms with Crippen molar-refractivity contribution < 1.29 is 10.2 Å². The zero-order valence-electron chi connectivity index (χ0n) is 7.95. The molecule has 0 radical (unpaired) electrons. The molecule has 2 aliphatic rings. The number of fused-ring (bicyclic) bond motifs is 1. The van der Waals surface area contributed by atoms with E-state index in [0.29, 0.717) is 5.92 Å². The van der Waals surface area contributed by atoms with Gasteiger partial charge in [-0.25, -0.2) is 0 Å². The standard InChI is InChI=1S/C11H18O2/c12-7-10-5-8-3-1-2-4-9(8)6-11(10)13/h6,8,10-13H,1-5,7H2/t8-,10-,11-/m1/s1. The second kappa shape index (κ2) is 3.81. The zero-order chi connectivity index (χ0) is 9.26. The summed E-state index contributed by atoms with van der Waals surface area (Å²) in [4.78, 5) is 0. The highest BCUT2D eigenvalue weighted by atomic mass is 16.3. The van der Waals surface area contributed by atoms with Gasteiger partial charge >= 0.3 is 0 Å². The molecular formula is C11H18O2. The lowest BCUT2D eigenvalue weighted by Crippen LogP contribution is -2.31. The summed E-state index contributed by atoms with van der Waals surface area (Å²) < 4.78 is 0. The first kappa shape index (κ1) is 9.22. The van der Waals surface area contributed by atoms with Crippen LogP contribution in [0.2, 0.25) is 0 Å². The van der Waals surface area contributed by atoms with Crippen LogP contribution in [0.3, 0.4) is 0 Å². The largest absolute Gasteiger partial charge is 0.396 e. The Morgan fingerprint density at radius 2 is 2.23 bits per heavy atom. The van der Waals surface area contributed by atoms with Gasteiger partial charge in [0.1, 0.15) is 0 Å². The van der Waals surface area contributed by atoms with Crippen molar-refractivity contribution in [2.75, 3.05) is 6.61 Å². The molecule has 0 spiro atoms. The third-order valence-corrected chi connectivity index (χ3v) is 3.48. The summed E-state index contributed by atoms with van der Waals surface area (Å²) in [6.45, 7) is 0.126. The maximum Gasteiger partial charge on any atom is 0.0773 e. The lowest BCUT2D eigenvalue weighted by molar-refractivity contribution is 0.0729. The monoisotopic (exact) mass is 182 g/mol. The van der Waals surface area contributed by atoms with Crippen LogP contribution in [0.4, 0.5) is 0 Å². The van der Waals surface area contributed by atoms with E-state index in [2.05, 4.69) is 0 Å². The Kier molecular flexibility index (Phi) is 2.70. The molecule has 1 fully saturated rings. The summed E-state index contributed by atoms with van der Waals surface area (Å²) in [6.07, 6.45) is 7.61. The smallest absolute Gasteiger partial charge is 0.0773 e. The van der Waals surface area contributed by atoms with E-state index in [1.165, 1.54) is 31.3 Å². The predicted molar refractivity (Wildman–Crippen MR) is 51.2 cm³/mol. The Morgan fingerprint density at radius 1 is 1.38 bits per heavy atom. The van der Waals surface area contributed by atoms with Crippen molar-refractivity contribution in [3.05, 3.63) is 11.6 Å². The molecule has 1 saturated carbocycles. The highest BCUT2D eigenvalue weighted by Crippen LogP contribution is 2.38. The van der Waals surface area contributed by atoms with Crippen molar-refractivity contribution in [1.29, 1.82) is 0 Å². The van der Waals surface area contributed by atoms with Crippen molar-refractivity contribution in [2.45, 2.75) is 38.2 Å². The number of hydrogen-bond acceptors (Lipinski definition) is 2. The van der Waals surface area contributed by atoms with E-state index in [0.717, 1.165) is 6.42 Å². The number of hydrogen-bond donors (Lipinski definition) is 2. The molecule has 74 valence electrons. The van der Waals surface area contributed by atoms with E-state index in [1.54, 1.807) is 0 Å². The number of rotatable bonds is 1. The van der Waals surface area contributed by atoms with Gasteiger partial charge in [-0.1, -0.05) is 18.1 Å². The zero-order valence-corrected chi connectivity index (χ0v) is 7.95. The van der Waals surface area contributed by atoms with E-state index in [-0.39, 0.29) is 12.5 Å². The van der Waals surface area contributed by atoms with E-state index < -0.39 is 6.10 Å². The highest BCUT2D eigenvalue weighted by molar-refractivity contribution is 5.16. The molecule has 2 N–H and O–H groups in total. The first-order valence-electron chi connectivity index (χ1n) is 5.30. The minimum Gasteiger partial charge on any atom is -0.396 e. The lowest BCUT2D eigenvalue weighted by Gasteiger charge is -2.35. The van der Waals surface area contributed by atoms with Crippen molar-refractivity contribution in [2.24, 2.45) is 11.8 Å². The van der Waals surface area contributed by atoms with Crippen LogP contribution in [-0.4, -0.2) is 22.9 Å². The molecule has 0 amide bonds. The fourth-order valence-corrected chi connectivity index (χ4v) is 2.64. The van der Waals surface area contributed by atoms with E-state index in [9.17, 15) is 5.11 Å².